The number of rotatable bonds is 5. The van der Waals surface area contributed by atoms with Crippen LogP contribution in [0.5, 0.6) is 0 Å². The first kappa shape index (κ1) is 16.9. The molecule has 0 aromatic heterocycles. The van der Waals surface area contributed by atoms with Crippen LogP contribution in [-0.4, -0.2) is 38.0 Å². The first-order valence-electron chi connectivity index (χ1n) is 5.68. The Bertz CT molecular complexity index is 385. The van der Waals surface area contributed by atoms with Gasteiger partial charge in [0.25, 0.3) is 5.91 Å². The van der Waals surface area contributed by atoms with Crippen LogP contribution in [0.1, 0.15) is 17.3 Å². The second-order valence-electron chi connectivity index (χ2n) is 4.56. The highest BCUT2D eigenvalue weighted by atomic mass is 35.5. The summed E-state index contributed by atoms with van der Waals surface area (Å²) in [6, 6.07) is 6.00. The summed E-state index contributed by atoms with van der Waals surface area (Å²) in [5.74, 6) is -0.500. The van der Waals surface area contributed by atoms with Crippen molar-refractivity contribution < 1.29 is 9.18 Å². The van der Waals surface area contributed by atoms with Crippen molar-refractivity contribution >= 4 is 18.3 Å². The molecular weight excluding hydrogens is 255 g/mol. The number of hydrogen-bond acceptors (Lipinski definition) is 2. The second-order valence-corrected chi connectivity index (χ2v) is 4.56. The number of nitrogens with zero attached hydrogens (tertiary/aromatic N) is 1. The molecule has 5 heteroatoms. The van der Waals surface area contributed by atoms with Gasteiger partial charge in [0.2, 0.25) is 0 Å². The topological polar surface area (TPSA) is 32.3 Å². The summed E-state index contributed by atoms with van der Waals surface area (Å²) in [6.45, 7) is 3.48. The molecule has 3 nitrogen and oxygen atoms in total. The van der Waals surface area contributed by atoms with Crippen LogP contribution in [0.3, 0.4) is 0 Å². The lowest BCUT2D eigenvalue weighted by Crippen LogP contribution is -2.33. The smallest absolute Gasteiger partial charge is 0.254 e. The molecule has 1 N–H and O–H groups in total. The van der Waals surface area contributed by atoms with Gasteiger partial charge in [-0.15, -0.1) is 12.4 Å². The minimum absolute atomic E-state index is 0. The Balaban J connectivity index is 0.00000289. The van der Waals surface area contributed by atoms with Gasteiger partial charge in [0.05, 0.1) is 5.56 Å². The molecule has 0 aliphatic carbocycles. The fourth-order valence-electron chi connectivity index (χ4n) is 1.70. The van der Waals surface area contributed by atoms with Crippen molar-refractivity contribution in [2.24, 2.45) is 5.92 Å². The van der Waals surface area contributed by atoms with E-state index in [-0.39, 0.29) is 23.9 Å². The van der Waals surface area contributed by atoms with Crippen molar-refractivity contribution in [2.45, 2.75) is 6.92 Å². The van der Waals surface area contributed by atoms with Crippen LogP contribution in [0.15, 0.2) is 24.3 Å². The molecule has 1 atom stereocenters. The Morgan fingerprint density at radius 1 is 1.39 bits per heavy atom. The highest BCUT2D eigenvalue weighted by molar-refractivity contribution is 5.94. The molecule has 0 fully saturated rings. The van der Waals surface area contributed by atoms with Crippen LogP contribution < -0.4 is 5.32 Å². The summed E-state index contributed by atoms with van der Waals surface area (Å²) >= 11 is 0. The highest BCUT2D eigenvalue weighted by Gasteiger charge is 2.11. The van der Waals surface area contributed by atoms with Gasteiger partial charge < -0.3 is 10.2 Å². The van der Waals surface area contributed by atoms with Crippen LogP contribution >= 0.6 is 12.4 Å². The third kappa shape index (κ3) is 5.47. The van der Waals surface area contributed by atoms with E-state index in [0.717, 1.165) is 6.54 Å². The molecule has 0 bridgehead atoms. The van der Waals surface area contributed by atoms with Gasteiger partial charge in [-0.2, -0.15) is 0 Å². The van der Waals surface area contributed by atoms with E-state index in [1.165, 1.54) is 12.1 Å². The maximum absolute atomic E-state index is 13.3. The lowest BCUT2D eigenvalue weighted by molar-refractivity contribution is 0.0942. The molecule has 0 spiro atoms. The van der Waals surface area contributed by atoms with Crippen LogP contribution in [0.2, 0.25) is 0 Å². The quantitative estimate of drug-likeness (QED) is 0.893. The molecule has 0 aliphatic heterocycles. The molecule has 18 heavy (non-hydrogen) atoms. The maximum Gasteiger partial charge on any atom is 0.254 e. The fourth-order valence-corrected chi connectivity index (χ4v) is 1.70. The van der Waals surface area contributed by atoms with Crippen LogP contribution in [0.4, 0.5) is 4.39 Å². The van der Waals surface area contributed by atoms with E-state index in [2.05, 4.69) is 10.2 Å². The van der Waals surface area contributed by atoms with E-state index in [0.29, 0.717) is 12.5 Å². The Labute approximate surface area is 114 Å². The third-order valence-electron chi connectivity index (χ3n) is 2.41. The van der Waals surface area contributed by atoms with E-state index >= 15 is 0 Å². The van der Waals surface area contributed by atoms with Gasteiger partial charge in [-0.25, -0.2) is 4.39 Å². The molecule has 1 aromatic carbocycles. The molecule has 0 saturated heterocycles. The van der Waals surface area contributed by atoms with Crippen LogP contribution in [0, 0.1) is 11.7 Å². The van der Waals surface area contributed by atoms with Gasteiger partial charge in [0.15, 0.2) is 0 Å². The van der Waals surface area contributed by atoms with E-state index in [1.54, 1.807) is 12.1 Å². The summed E-state index contributed by atoms with van der Waals surface area (Å²) in [7, 11) is 3.96. The molecule has 0 saturated carbocycles. The number of benzene rings is 1. The zero-order valence-corrected chi connectivity index (χ0v) is 11.8. The van der Waals surface area contributed by atoms with Crippen molar-refractivity contribution in [3.63, 3.8) is 0 Å². The fraction of sp³-hybridized carbons (Fsp3) is 0.462. The van der Waals surface area contributed by atoms with Crippen molar-refractivity contribution in [2.75, 3.05) is 27.2 Å². The Morgan fingerprint density at radius 2 is 2.00 bits per heavy atom. The molecule has 0 heterocycles. The zero-order valence-electron chi connectivity index (χ0n) is 10.9. The molecular formula is C13H20ClFN2O. The second kappa shape index (κ2) is 8.06. The zero-order chi connectivity index (χ0) is 12.8. The van der Waals surface area contributed by atoms with E-state index in [1.807, 2.05) is 21.0 Å². The van der Waals surface area contributed by atoms with Crippen molar-refractivity contribution in [1.82, 2.24) is 10.2 Å². The Hall–Kier alpha value is -1.13. The van der Waals surface area contributed by atoms with Crippen molar-refractivity contribution in [3.8, 4) is 0 Å². The van der Waals surface area contributed by atoms with Crippen molar-refractivity contribution in [1.29, 1.82) is 0 Å². The number of amides is 1. The Kier molecular flexibility index (Phi) is 7.55. The average molecular weight is 275 g/mol. The van der Waals surface area contributed by atoms with Crippen LogP contribution in [-0.2, 0) is 0 Å². The molecule has 1 amide bonds. The summed E-state index contributed by atoms with van der Waals surface area (Å²) in [5.41, 5.74) is 0.101. The number of carbonyl (C=O) groups is 1. The van der Waals surface area contributed by atoms with Gasteiger partial charge in [-0.1, -0.05) is 19.1 Å². The summed E-state index contributed by atoms with van der Waals surface area (Å²) in [5, 5.41) is 2.74. The third-order valence-corrected chi connectivity index (χ3v) is 2.41. The first-order chi connectivity index (χ1) is 8.00. The molecule has 0 aliphatic rings. The molecule has 102 valence electrons. The lowest BCUT2D eigenvalue weighted by Gasteiger charge is -2.17. The van der Waals surface area contributed by atoms with Gasteiger partial charge in [0.1, 0.15) is 5.82 Å². The predicted molar refractivity (Wildman–Crippen MR) is 73.7 cm³/mol. The highest BCUT2D eigenvalue weighted by Crippen LogP contribution is 2.06. The molecule has 0 radical (unpaired) electrons. The van der Waals surface area contributed by atoms with E-state index < -0.39 is 5.82 Å². The summed E-state index contributed by atoms with van der Waals surface area (Å²) in [6.07, 6.45) is 0. The first-order valence-corrected chi connectivity index (χ1v) is 5.68. The average Bonchev–Trinajstić information content (AvgIpc) is 2.25. The largest absolute Gasteiger partial charge is 0.352 e. The number of nitrogens with one attached hydrogen (secondary N) is 1. The van der Waals surface area contributed by atoms with Gasteiger partial charge in [0, 0.05) is 13.1 Å². The Morgan fingerprint density at radius 3 is 2.56 bits per heavy atom. The standard InChI is InChI=1S/C13H19FN2O.ClH/c1-10(9-16(2)3)8-15-13(17)11-6-4-5-7-12(11)14;/h4-7,10H,8-9H2,1-3H3,(H,15,17);1H. The van der Waals surface area contributed by atoms with E-state index in [4.69, 9.17) is 0 Å². The van der Waals surface area contributed by atoms with E-state index in [9.17, 15) is 9.18 Å². The SMILES string of the molecule is CC(CNC(=O)c1ccccc1F)CN(C)C.Cl. The normalized spacial score (nSPS) is 11.8. The molecule has 1 aromatic rings. The molecule has 1 unspecified atom stereocenters. The van der Waals surface area contributed by atoms with Crippen LogP contribution in [0.25, 0.3) is 0 Å². The number of halogens is 2. The van der Waals surface area contributed by atoms with Gasteiger partial charge >= 0.3 is 0 Å². The number of carbonyl (C=O) groups excluding carboxylic acids is 1. The minimum Gasteiger partial charge on any atom is -0.352 e. The number of hydrogen-bond donors (Lipinski definition) is 1. The predicted octanol–water partition coefficient (Wildman–Crippen LogP) is 2.18. The maximum atomic E-state index is 13.3. The monoisotopic (exact) mass is 274 g/mol. The summed E-state index contributed by atoms with van der Waals surface area (Å²) < 4.78 is 13.3. The molecule has 1 rings (SSSR count). The minimum atomic E-state index is -0.481. The lowest BCUT2D eigenvalue weighted by atomic mass is 10.1. The van der Waals surface area contributed by atoms with Gasteiger partial charge in [-0.05, 0) is 32.1 Å². The van der Waals surface area contributed by atoms with Gasteiger partial charge in [-0.3, -0.25) is 4.79 Å². The van der Waals surface area contributed by atoms with Crippen molar-refractivity contribution in [3.05, 3.63) is 35.6 Å². The summed E-state index contributed by atoms with van der Waals surface area (Å²) in [4.78, 5) is 13.7.